The summed E-state index contributed by atoms with van der Waals surface area (Å²) in [5.41, 5.74) is 1.28. The van der Waals surface area contributed by atoms with Gasteiger partial charge in [0.2, 0.25) is 0 Å². The lowest BCUT2D eigenvalue weighted by atomic mass is 10.1. The van der Waals surface area contributed by atoms with E-state index in [1.165, 1.54) is 57.1 Å². The van der Waals surface area contributed by atoms with Crippen LogP contribution in [0.2, 0.25) is 0 Å². The van der Waals surface area contributed by atoms with Gasteiger partial charge < -0.3 is 0 Å². The van der Waals surface area contributed by atoms with Gasteiger partial charge in [-0.15, -0.1) is 0 Å². The average Bonchev–Trinajstić information content (AvgIpc) is 2.99. The van der Waals surface area contributed by atoms with Crippen molar-refractivity contribution in [3.8, 4) is 0 Å². The summed E-state index contributed by atoms with van der Waals surface area (Å²) in [5.74, 6) is 0. The summed E-state index contributed by atoms with van der Waals surface area (Å²) in [6.07, 6.45) is 13.8. The van der Waals surface area contributed by atoms with Crippen LogP contribution in [-0.2, 0) is 6.42 Å². The fourth-order valence-corrected chi connectivity index (χ4v) is 3.63. The molecule has 0 aromatic carbocycles. The Kier molecular flexibility index (Phi) is 5.74. The first-order valence-electron chi connectivity index (χ1n) is 7.47. The molecule has 102 valence electrons. The summed E-state index contributed by atoms with van der Waals surface area (Å²) >= 11 is 3.75. The summed E-state index contributed by atoms with van der Waals surface area (Å²) in [6, 6.07) is 2.89. The van der Waals surface area contributed by atoms with Crippen LogP contribution in [0.4, 0.5) is 0 Å². The molecule has 1 aromatic rings. The molecule has 1 atom stereocenters. The van der Waals surface area contributed by atoms with Gasteiger partial charge in [0.25, 0.3) is 0 Å². The molecular formula is C15H25BrN2. The molecule has 0 N–H and O–H groups in total. The van der Waals surface area contributed by atoms with Crippen molar-refractivity contribution in [1.29, 1.82) is 0 Å². The van der Waals surface area contributed by atoms with E-state index in [2.05, 4.69) is 39.8 Å². The molecule has 1 unspecified atom stereocenters. The molecule has 1 fully saturated rings. The highest BCUT2D eigenvalue weighted by atomic mass is 79.9. The van der Waals surface area contributed by atoms with Crippen molar-refractivity contribution < 1.29 is 0 Å². The summed E-state index contributed by atoms with van der Waals surface area (Å²) in [5, 5.41) is 4.74. The smallest absolute Gasteiger partial charge is 0.0624 e. The Hall–Kier alpha value is -0.310. The standard InChI is InChI=1S/C15H25BrN2/c1-2-6-13(16)7-5-8-14-11-12-18(17-14)15-9-3-4-10-15/h11-13,15H,2-10H2,1H3. The van der Waals surface area contributed by atoms with Crippen molar-refractivity contribution >= 4 is 15.9 Å². The Morgan fingerprint density at radius 3 is 2.89 bits per heavy atom. The maximum atomic E-state index is 4.74. The molecule has 0 aliphatic heterocycles. The van der Waals surface area contributed by atoms with E-state index in [-0.39, 0.29) is 0 Å². The van der Waals surface area contributed by atoms with E-state index in [9.17, 15) is 0 Å². The first-order chi connectivity index (χ1) is 8.79. The average molecular weight is 313 g/mol. The molecule has 1 saturated carbocycles. The molecule has 0 spiro atoms. The van der Waals surface area contributed by atoms with Crippen LogP contribution >= 0.6 is 15.9 Å². The molecule has 2 nitrogen and oxygen atoms in total. The summed E-state index contributed by atoms with van der Waals surface area (Å²) < 4.78 is 2.21. The topological polar surface area (TPSA) is 17.8 Å². The zero-order chi connectivity index (χ0) is 12.8. The quantitative estimate of drug-likeness (QED) is 0.656. The van der Waals surface area contributed by atoms with Gasteiger partial charge in [-0.25, -0.2) is 0 Å². The Bertz CT molecular complexity index is 342. The molecule has 3 heteroatoms. The van der Waals surface area contributed by atoms with Gasteiger partial charge in [0.15, 0.2) is 0 Å². The monoisotopic (exact) mass is 312 g/mol. The Morgan fingerprint density at radius 2 is 2.17 bits per heavy atom. The normalized spacial score (nSPS) is 18.3. The third kappa shape index (κ3) is 4.11. The van der Waals surface area contributed by atoms with Crippen molar-refractivity contribution in [3.63, 3.8) is 0 Å². The highest BCUT2D eigenvalue weighted by molar-refractivity contribution is 9.09. The molecular weight excluding hydrogens is 288 g/mol. The van der Waals surface area contributed by atoms with Crippen LogP contribution < -0.4 is 0 Å². The van der Waals surface area contributed by atoms with E-state index >= 15 is 0 Å². The number of aryl methyl sites for hydroxylation is 1. The van der Waals surface area contributed by atoms with Crippen LogP contribution in [0.5, 0.6) is 0 Å². The minimum atomic E-state index is 0.683. The van der Waals surface area contributed by atoms with Crippen molar-refractivity contribution in [3.05, 3.63) is 18.0 Å². The van der Waals surface area contributed by atoms with Gasteiger partial charge in [-0.3, -0.25) is 4.68 Å². The van der Waals surface area contributed by atoms with Crippen LogP contribution in [0.3, 0.4) is 0 Å². The van der Waals surface area contributed by atoms with Crippen LogP contribution in [0, 0.1) is 0 Å². The van der Waals surface area contributed by atoms with Gasteiger partial charge in [-0.1, -0.05) is 42.1 Å². The highest BCUT2D eigenvalue weighted by Gasteiger charge is 2.17. The number of aromatic nitrogens is 2. The largest absolute Gasteiger partial charge is 0.269 e. The van der Waals surface area contributed by atoms with Crippen LogP contribution in [-0.4, -0.2) is 14.6 Å². The molecule has 0 radical (unpaired) electrons. The van der Waals surface area contributed by atoms with Crippen molar-refractivity contribution in [1.82, 2.24) is 9.78 Å². The zero-order valence-electron chi connectivity index (χ0n) is 11.4. The fourth-order valence-electron chi connectivity index (χ4n) is 2.85. The second-order valence-electron chi connectivity index (χ2n) is 5.50. The minimum absolute atomic E-state index is 0.683. The molecule has 1 aliphatic rings. The number of hydrogen-bond donors (Lipinski definition) is 0. The molecule has 1 aliphatic carbocycles. The number of alkyl halides is 1. The van der Waals surface area contributed by atoms with E-state index in [0.29, 0.717) is 10.9 Å². The van der Waals surface area contributed by atoms with E-state index in [4.69, 9.17) is 5.10 Å². The van der Waals surface area contributed by atoms with Gasteiger partial charge in [0, 0.05) is 11.0 Å². The predicted octanol–water partition coefficient (Wildman–Crippen LogP) is 4.88. The fraction of sp³-hybridized carbons (Fsp3) is 0.800. The van der Waals surface area contributed by atoms with Crippen molar-refractivity contribution in [2.45, 2.75) is 75.6 Å². The van der Waals surface area contributed by atoms with Crippen molar-refractivity contribution in [2.24, 2.45) is 0 Å². The molecule has 1 heterocycles. The lowest BCUT2D eigenvalue weighted by Gasteiger charge is -2.09. The van der Waals surface area contributed by atoms with Crippen LogP contribution in [0.25, 0.3) is 0 Å². The number of halogens is 1. The number of hydrogen-bond acceptors (Lipinski definition) is 1. The van der Waals surface area contributed by atoms with Crippen LogP contribution in [0.15, 0.2) is 12.3 Å². The second kappa shape index (κ2) is 7.32. The second-order valence-corrected chi connectivity index (χ2v) is 6.80. The summed E-state index contributed by atoms with van der Waals surface area (Å²) in [4.78, 5) is 0.694. The molecule has 0 bridgehead atoms. The maximum Gasteiger partial charge on any atom is 0.0624 e. The summed E-state index contributed by atoms with van der Waals surface area (Å²) in [6.45, 7) is 2.25. The Labute approximate surface area is 119 Å². The van der Waals surface area contributed by atoms with E-state index in [1.807, 2.05) is 0 Å². The first-order valence-corrected chi connectivity index (χ1v) is 8.39. The highest BCUT2D eigenvalue weighted by Crippen LogP contribution is 2.28. The van der Waals surface area contributed by atoms with E-state index in [0.717, 1.165) is 6.42 Å². The molecule has 0 saturated heterocycles. The third-order valence-electron chi connectivity index (χ3n) is 3.91. The van der Waals surface area contributed by atoms with Gasteiger partial charge in [0.05, 0.1) is 11.7 Å². The maximum absolute atomic E-state index is 4.74. The van der Waals surface area contributed by atoms with Crippen molar-refractivity contribution in [2.75, 3.05) is 0 Å². The number of nitrogens with zero attached hydrogens (tertiary/aromatic N) is 2. The third-order valence-corrected chi connectivity index (χ3v) is 4.83. The first kappa shape index (κ1) is 14.1. The Morgan fingerprint density at radius 1 is 1.39 bits per heavy atom. The summed E-state index contributed by atoms with van der Waals surface area (Å²) in [7, 11) is 0. The molecule has 2 rings (SSSR count). The lowest BCUT2D eigenvalue weighted by Crippen LogP contribution is -2.06. The lowest BCUT2D eigenvalue weighted by molar-refractivity contribution is 0.462. The van der Waals surface area contributed by atoms with Gasteiger partial charge in [-0.05, 0) is 44.6 Å². The van der Waals surface area contributed by atoms with Gasteiger partial charge in [0.1, 0.15) is 0 Å². The minimum Gasteiger partial charge on any atom is -0.269 e. The van der Waals surface area contributed by atoms with Crippen LogP contribution in [0.1, 0.15) is 70.0 Å². The van der Waals surface area contributed by atoms with E-state index in [1.54, 1.807) is 0 Å². The molecule has 0 amide bonds. The molecule has 1 aromatic heterocycles. The number of rotatable bonds is 7. The predicted molar refractivity (Wildman–Crippen MR) is 80.3 cm³/mol. The SMILES string of the molecule is CCCC(Br)CCCc1ccn(C2CCCC2)n1. The molecule has 18 heavy (non-hydrogen) atoms. The van der Waals surface area contributed by atoms with Gasteiger partial charge >= 0.3 is 0 Å². The zero-order valence-corrected chi connectivity index (χ0v) is 13.0. The van der Waals surface area contributed by atoms with E-state index < -0.39 is 0 Å². The Balaban J connectivity index is 1.73. The van der Waals surface area contributed by atoms with Gasteiger partial charge in [-0.2, -0.15) is 5.10 Å².